The molecule has 0 saturated carbocycles. The molecule has 0 unspecified atom stereocenters. The topological polar surface area (TPSA) is 215 Å². The van der Waals surface area contributed by atoms with Gasteiger partial charge < -0.3 is 57.4 Å². The molecular formula is C53H57N3O14S2. The molecule has 1 N–H and O–H groups in total. The summed E-state index contributed by atoms with van der Waals surface area (Å²) in [6, 6.07) is 33.6. The molecule has 0 aliphatic rings. The first-order chi connectivity index (χ1) is 35.2. The molecule has 2 aromatic heterocycles. The highest BCUT2D eigenvalue weighted by molar-refractivity contribution is 7.16. The van der Waals surface area contributed by atoms with Crippen molar-refractivity contribution in [2.24, 2.45) is 0 Å². The van der Waals surface area contributed by atoms with Crippen molar-refractivity contribution in [2.75, 3.05) is 125 Å². The van der Waals surface area contributed by atoms with Gasteiger partial charge >= 0.3 is 17.9 Å². The van der Waals surface area contributed by atoms with E-state index in [0.29, 0.717) is 89.0 Å². The number of nitrogens with zero attached hydrogens (tertiary/aromatic N) is 3. The van der Waals surface area contributed by atoms with E-state index in [0.717, 1.165) is 37.9 Å². The van der Waals surface area contributed by atoms with Crippen LogP contribution in [0, 0.1) is 22.7 Å². The molecule has 380 valence electrons. The molecule has 0 bridgehead atoms. The summed E-state index contributed by atoms with van der Waals surface area (Å²) in [6.07, 6.45) is 3.00. The number of rotatable bonds is 34. The van der Waals surface area contributed by atoms with Gasteiger partial charge in [0.15, 0.2) is 0 Å². The van der Waals surface area contributed by atoms with Gasteiger partial charge in [-0.3, -0.25) is 0 Å². The second kappa shape index (κ2) is 32.4. The number of hydrogen-bond donors (Lipinski definition) is 1. The Morgan fingerprint density at radius 3 is 1.11 bits per heavy atom. The number of esters is 2. The van der Waals surface area contributed by atoms with Crippen molar-refractivity contribution in [3.8, 4) is 33.0 Å². The smallest absolute Gasteiger partial charge is 0.349 e. The van der Waals surface area contributed by atoms with Gasteiger partial charge in [0.25, 0.3) is 0 Å². The summed E-state index contributed by atoms with van der Waals surface area (Å²) in [5.41, 5.74) is 4.01. The van der Waals surface area contributed by atoms with Crippen LogP contribution in [0.25, 0.3) is 33.0 Å². The van der Waals surface area contributed by atoms with Gasteiger partial charge in [-0.2, -0.15) is 10.5 Å². The lowest BCUT2D eigenvalue weighted by Crippen LogP contribution is -2.15. The first-order valence-corrected chi connectivity index (χ1v) is 24.4. The molecule has 0 saturated heterocycles. The van der Waals surface area contributed by atoms with E-state index in [-0.39, 0.29) is 43.1 Å². The van der Waals surface area contributed by atoms with Gasteiger partial charge in [-0.1, -0.05) is 24.3 Å². The van der Waals surface area contributed by atoms with Crippen molar-refractivity contribution in [1.82, 2.24) is 0 Å². The Bertz CT molecular complexity index is 2430. The third-order valence-corrected chi connectivity index (χ3v) is 12.1. The maximum atomic E-state index is 12.7. The molecule has 0 amide bonds. The van der Waals surface area contributed by atoms with E-state index in [1.807, 2.05) is 89.8 Å². The van der Waals surface area contributed by atoms with E-state index in [1.165, 1.54) is 34.8 Å². The zero-order valence-electron chi connectivity index (χ0n) is 40.1. The summed E-state index contributed by atoms with van der Waals surface area (Å²) in [5, 5.41) is 29.1. The van der Waals surface area contributed by atoms with Crippen LogP contribution in [0.1, 0.15) is 20.1 Å². The molecule has 3 aromatic carbocycles. The van der Waals surface area contributed by atoms with Crippen molar-refractivity contribution >= 4 is 69.8 Å². The Kier molecular flexibility index (Phi) is 25.3. The highest BCUT2D eigenvalue weighted by Crippen LogP contribution is 2.39. The minimum atomic E-state index is -1.03. The predicted octanol–water partition coefficient (Wildman–Crippen LogP) is 8.60. The van der Waals surface area contributed by atoms with Crippen LogP contribution in [0.15, 0.2) is 108 Å². The van der Waals surface area contributed by atoms with Crippen LogP contribution in [0.2, 0.25) is 0 Å². The molecule has 19 heteroatoms. The molecule has 17 nitrogen and oxygen atoms in total. The monoisotopic (exact) mass is 1020 g/mol. The van der Waals surface area contributed by atoms with E-state index in [4.69, 9.17) is 47.4 Å². The summed E-state index contributed by atoms with van der Waals surface area (Å²) in [7, 11) is 3.22. The fourth-order valence-corrected chi connectivity index (χ4v) is 8.30. The van der Waals surface area contributed by atoms with Gasteiger partial charge in [0.2, 0.25) is 0 Å². The Morgan fingerprint density at radius 2 is 0.792 bits per heavy atom. The average Bonchev–Trinajstić information content (AvgIpc) is 4.08. The first-order valence-electron chi connectivity index (χ1n) is 22.8. The summed E-state index contributed by atoms with van der Waals surface area (Å²) < 4.78 is 52.7. The van der Waals surface area contributed by atoms with Crippen molar-refractivity contribution in [2.45, 2.75) is 0 Å². The van der Waals surface area contributed by atoms with Crippen LogP contribution in [0.5, 0.6) is 0 Å². The third-order valence-electron chi connectivity index (χ3n) is 9.97. The predicted molar refractivity (Wildman–Crippen MR) is 272 cm³/mol. The molecule has 0 fully saturated rings. The Balaban J connectivity index is 1.17. The average molecular weight is 1020 g/mol. The molecule has 0 aliphatic carbocycles. The number of thiophene rings is 2. The summed E-state index contributed by atoms with van der Waals surface area (Å²) in [6.45, 7) is 5.45. The number of carboxylic acids is 1. The molecule has 5 aromatic rings. The van der Waals surface area contributed by atoms with Gasteiger partial charge in [-0.05, 0) is 96.1 Å². The van der Waals surface area contributed by atoms with E-state index in [9.17, 15) is 30.0 Å². The van der Waals surface area contributed by atoms with Crippen molar-refractivity contribution in [3.05, 3.63) is 124 Å². The van der Waals surface area contributed by atoms with E-state index in [1.54, 1.807) is 38.5 Å². The van der Waals surface area contributed by atoms with Gasteiger partial charge in [0.05, 0.1) is 98.1 Å². The Hall–Kier alpha value is -6.59. The summed E-state index contributed by atoms with van der Waals surface area (Å²) in [4.78, 5) is 42.3. The fourth-order valence-electron chi connectivity index (χ4n) is 6.39. The molecule has 0 radical (unpaired) electrons. The van der Waals surface area contributed by atoms with Crippen LogP contribution in [-0.2, 0) is 57.0 Å². The number of methoxy groups -OCH3 is 2. The van der Waals surface area contributed by atoms with Crippen molar-refractivity contribution in [1.29, 1.82) is 10.5 Å². The maximum absolute atomic E-state index is 12.7. The lowest BCUT2D eigenvalue weighted by atomic mass is 10.1. The zero-order chi connectivity index (χ0) is 51.2. The summed E-state index contributed by atoms with van der Waals surface area (Å²) >= 11 is 2.82. The van der Waals surface area contributed by atoms with E-state index < -0.39 is 17.9 Å². The number of carboxylic acid groups (broad SMARTS) is 1. The quantitative estimate of drug-likeness (QED) is 0.0177. The number of hydrogen-bond acceptors (Lipinski definition) is 18. The minimum absolute atomic E-state index is 0.0190. The number of aromatic carboxylic acids is 1. The zero-order valence-corrected chi connectivity index (χ0v) is 41.8. The van der Waals surface area contributed by atoms with Crippen molar-refractivity contribution in [3.63, 3.8) is 0 Å². The normalized spacial score (nSPS) is 11.5. The van der Waals surface area contributed by atoms with Crippen LogP contribution >= 0.6 is 22.7 Å². The minimum Gasteiger partial charge on any atom is -0.478 e. The number of nitriles is 2. The van der Waals surface area contributed by atoms with Crippen LogP contribution in [0.4, 0.5) is 17.1 Å². The molecular weight excluding hydrogens is 967 g/mol. The Labute approximate surface area is 426 Å². The SMILES string of the molecule is COCCOCCOCCOCCOC(=O)/C(C#N)=C/c1ccc(-c2ccc(N(c3ccc(C(=O)O)cc3)c3ccc(-c4ccc(/C=C(\C#N)C(=O)OCCOCCOCCOCCOC)s4)cc3)cc2)s1. The highest BCUT2D eigenvalue weighted by atomic mass is 32.1. The summed E-state index contributed by atoms with van der Waals surface area (Å²) in [5.74, 6) is -2.53. The van der Waals surface area contributed by atoms with E-state index >= 15 is 0 Å². The third kappa shape index (κ3) is 19.2. The molecule has 0 aliphatic heterocycles. The number of carbonyl (C=O) groups is 3. The number of benzene rings is 3. The lowest BCUT2D eigenvalue weighted by Gasteiger charge is -2.26. The molecule has 2 heterocycles. The fraction of sp³-hybridized carbons (Fsp3) is 0.340. The number of anilines is 3. The van der Waals surface area contributed by atoms with Gasteiger partial charge in [0.1, 0.15) is 36.5 Å². The molecule has 72 heavy (non-hydrogen) atoms. The molecule has 5 rings (SSSR count). The largest absolute Gasteiger partial charge is 0.478 e. The second-order valence-electron chi connectivity index (χ2n) is 15.0. The molecule has 0 spiro atoms. The van der Waals surface area contributed by atoms with Gasteiger partial charge in [-0.15, -0.1) is 22.7 Å². The van der Waals surface area contributed by atoms with Crippen molar-refractivity contribution < 1.29 is 66.9 Å². The molecule has 0 atom stereocenters. The lowest BCUT2D eigenvalue weighted by molar-refractivity contribution is -0.141. The maximum Gasteiger partial charge on any atom is 0.349 e. The first kappa shape index (κ1) is 56.3. The van der Waals surface area contributed by atoms with Gasteiger partial charge in [-0.25, -0.2) is 14.4 Å². The van der Waals surface area contributed by atoms with Crippen LogP contribution in [-0.4, -0.2) is 143 Å². The van der Waals surface area contributed by atoms with Gasteiger partial charge in [0, 0.05) is 50.8 Å². The van der Waals surface area contributed by atoms with Crippen LogP contribution < -0.4 is 4.90 Å². The highest BCUT2D eigenvalue weighted by Gasteiger charge is 2.17. The van der Waals surface area contributed by atoms with Crippen LogP contribution in [0.3, 0.4) is 0 Å². The second-order valence-corrected chi connectivity index (χ2v) is 17.2. The number of carbonyl (C=O) groups excluding carboxylic acids is 2. The Morgan fingerprint density at radius 1 is 0.472 bits per heavy atom. The standard InChI is InChI=1S/C53H57N3O14S2/c1-61-19-21-63-23-25-65-27-29-67-31-33-69-52(59)42(37-54)35-47-15-17-49(71-47)39-3-9-44(10-4-39)56(46-13-7-41(8-14-46)51(57)58)45-11-5-40(6-12-45)50-18-16-48(72-50)36-43(38-55)53(60)70-34-32-68-30-28-66-26-24-64-22-20-62-2/h3-18,35-36H,19-34H2,1-2H3,(H,57,58)/b42-35+,43-36+. The number of ether oxygens (including phenoxy) is 10. The van der Waals surface area contributed by atoms with E-state index in [2.05, 4.69) is 0 Å².